The van der Waals surface area contributed by atoms with E-state index in [1.807, 2.05) is 12.2 Å². The molecular formula is C8H11N3. The van der Waals surface area contributed by atoms with Crippen molar-refractivity contribution in [3.63, 3.8) is 0 Å². The predicted molar refractivity (Wildman–Crippen MR) is 44.1 cm³/mol. The van der Waals surface area contributed by atoms with Gasteiger partial charge in [0.25, 0.3) is 0 Å². The molecule has 1 aliphatic heterocycles. The van der Waals surface area contributed by atoms with Gasteiger partial charge in [0.2, 0.25) is 0 Å². The summed E-state index contributed by atoms with van der Waals surface area (Å²) in [5.41, 5.74) is 10.2. The molecule has 1 unspecified atom stereocenters. The molecule has 3 N–H and O–H groups in total. The van der Waals surface area contributed by atoms with Crippen molar-refractivity contribution in [2.45, 2.75) is 0 Å². The first-order valence-electron chi connectivity index (χ1n) is 3.76. The van der Waals surface area contributed by atoms with Crippen LogP contribution in [0.4, 0.5) is 0 Å². The summed E-state index contributed by atoms with van der Waals surface area (Å²) >= 11 is 0. The van der Waals surface area contributed by atoms with Crippen molar-refractivity contribution in [2.75, 3.05) is 6.54 Å². The van der Waals surface area contributed by atoms with E-state index < -0.39 is 0 Å². The van der Waals surface area contributed by atoms with Gasteiger partial charge < -0.3 is 5.43 Å². The number of fused-ring (bicyclic) bond motifs is 1. The Balaban J connectivity index is 2.21. The maximum Gasteiger partial charge on any atom is 0.0357 e. The summed E-state index contributed by atoms with van der Waals surface area (Å²) < 4.78 is 0. The Bertz CT molecular complexity index is 227. The summed E-state index contributed by atoms with van der Waals surface area (Å²) in [5.74, 6) is 0.478. The first-order chi connectivity index (χ1) is 5.47. The van der Waals surface area contributed by atoms with E-state index in [-0.39, 0.29) is 0 Å². The van der Waals surface area contributed by atoms with Gasteiger partial charge in [-0.15, -0.1) is 0 Å². The van der Waals surface area contributed by atoms with E-state index in [2.05, 4.69) is 34.6 Å². The predicted octanol–water partition coefficient (Wildman–Crippen LogP) is 0.225. The fourth-order valence-corrected chi connectivity index (χ4v) is 1.24. The van der Waals surface area contributed by atoms with Crippen molar-refractivity contribution < 1.29 is 0 Å². The summed E-state index contributed by atoms with van der Waals surface area (Å²) in [4.78, 5) is 0. The van der Waals surface area contributed by atoms with Gasteiger partial charge in [-0.3, -0.25) is 0 Å². The van der Waals surface area contributed by atoms with Crippen molar-refractivity contribution in [3.8, 4) is 0 Å². The lowest BCUT2D eigenvalue weighted by atomic mass is 10.1. The van der Waals surface area contributed by atoms with E-state index in [1.54, 1.807) is 0 Å². The molecule has 2 aliphatic rings. The molecule has 3 heteroatoms. The van der Waals surface area contributed by atoms with Crippen LogP contribution in [-0.2, 0) is 0 Å². The third-order valence-electron chi connectivity index (χ3n) is 1.86. The van der Waals surface area contributed by atoms with Crippen LogP contribution in [0.25, 0.3) is 0 Å². The van der Waals surface area contributed by atoms with Crippen molar-refractivity contribution in [3.05, 3.63) is 36.1 Å². The van der Waals surface area contributed by atoms with Gasteiger partial charge in [0.15, 0.2) is 0 Å². The molecule has 1 aliphatic carbocycles. The molecule has 1 atom stereocenters. The Morgan fingerprint density at radius 2 is 2.27 bits per heavy atom. The summed E-state index contributed by atoms with van der Waals surface area (Å²) in [5, 5.41) is 0. The Morgan fingerprint density at radius 1 is 1.27 bits per heavy atom. The topological polar surface area (TPSA) is 36.1 Å². The van der Waals surface area contributed by atoms with Gasteiger partial charge in [-0.1, -0.05) is 24.3 Å². The largest absolute Gasteiger partial charge is 0.312 e. The van der Waals surface area contributed by atoms with Crippen LogP contribution in [-0.4, -0.2) is 6.54 Å². The van der Waals surface area contributed by atoms with Crippen molar-refractivity contribution in [1.29, 1.82) is 0 Å². The summed E-state index contributed by atoms with van der Waals surface area (Å²) in [6.07, 6.45) is 10.4. The lowest BCUT2D eigenvalue weighted by Gasteiger charge is -2.25. The standard InChI is InChI=1S/C8H11N3/c1-2-4-7-6-9-11-10-8(7)5-3-1/h1-5,7,9-11H,6H2. The maximum atomic E-state index is 3.06. The van der Waals surface area contributed by atoms with Crippen LogP contribution in [0, 0.1) is 5.92 Å². The van der Waals surface area contributed by atoms with E-state index in [0.29, 0.717) is 5.92 Å². The number of hydrazine groups is 2. The average molecular weight is 149 g/mol. The number of rotatable bonds is 0. The van der Waals surface area contributed by atoms with Gasteiger partial charge in [-0.2, -0.15) is 5.53 Å². The lowest BCUT2D eigenvalue weighted by molar-refractivity contribution is 0.378. The Labute approximate surface area is 65.8 Å². The van der Waals surface area contributed by atoms with E-state index in [4.69, 9.17) is 0 Å². The van der Waals surface area contributed by atoms with Crippen LogP contribution in [0.3, 0.4) is 0 Å². The van der Waals surface area contributed by atoms with Crippen molar-refractivity contribution in [1.82, 2.24) is 16.4 Å². The van der Waals surface area contributed by atoms with Crippen molar-refractivity contribution >= 4 is 0 Å². The highest BCUT2D eigenvalue weighted by Crippen LogP contribution is 2.12. The van der Waals surface area contributed by atoms with Crippen LogP contribution >= 0.6 is 0 Å². The molecule has 2 rings (SSSR count). The summed E-state index contributed by atoms with van der Waals surface area (Å²) in [6.45, 7) is 0.941. The van der Waals surface area contributed by atoms with Crippen LogP contribution in [0.5, 0.6) is 0 Å². The van der Waals surface area contributed by atoms with Gasteiger partial charge in [0.1, 0.15) is 0 Å². The molecule has 0 aromatic carbocycles. The highest BCUT2D eigenvalue weighted by atomic mass is 15.6. The molecule has 1 heterocycles. The molecule has 0 aromatic heterocycles. The highest BCUT2D eigenvalue weighted by Gasteiger charge is 2.14. The number of allylic oxidation sites excluding steroid dienone is 4. The van der Waals surface area contributed by atoms with E-state index in [1.165, 1.54) is 5.70 Å². The second-order valence-electron chi connectivity index (χ2n) is 2.63. The average Bonchev–Trinajstić information content (AvgIpc) is 2.28. The number of nitrogens with one attached hydrogen (secondary N) is 3. The van der Waals surface area contributed by atoms with E-state index >= 15 is 0 Å². The second kappa shape index (κ2) is 2.90. The number of hydrogen-bond donors (Lipinski definition) is 3. The molecule has 0 amide bonds. The first-order valence-corrected chi connectivity index (χ1v) is 3.76. The second-order valence-corrected chi connectivity index (χ2v) is 2.63. The van der Waals surface area contributed by atoms with Gasteiger partial charge >= 0.3 is 0 Å². The van der Waals surface area contributed by atoms with Crippen LogP contribution in [0.15, 0.2) is 36.1 Å². The zero-order valence-corrected chi connectivity index (χ0v) is 6.17. The first kappa shape index (κ1) is 6.64. The molecule has 11 heavy (non-hydrogen) atoms. The zero-order chi connectivity index (χ0) is 7.52. The molecule has 0 bridgehead atoms. The minimum absolute atomic E-state index is 0.478. The minimum Gasteiger partial charge on any atom is -0.312 e. The number of hydrogen-bond acceptors (Lipinski definition) is 3. The third kappa shape index (κ3) is 1.34. The fraction of sp³-hybridized carbons (Fsp3) is 0.250. The monoisotopic (exact) mass is 149 g/mol. The van der Waals surface area contributed by atoms with Crippen LogP contribution in [0.1, 0.15) is 0 Å². The summed E-state index contributed by atoms with van der Waals surface area (Å²) in [7, 11) is 0. The molecule has 0 spiro atoms. The quantitative estimate of drug-likeness (QED) is 0.461. The van der Waals surface area contributed by atoms with Gasteiger partial charge in [-0.05, 0) is 6.08 Å². The molecule has 0 saturated carbocycles. The van der Waals surface area contributed by atoms with Gasteiger partial charge in [0, 0.05) is 18.2 Å². The fourth-order valence-electron chi connectivity index (χ4n) is 1.24. The zero-order valence-electron chi connectivity index (χ0n) is 6.17. The van der Waals surface area contributed by atoms with Gasteiger partial charge in [0.05, 0.1) is 0 Å². The van der Waals surface area contributed by atoms with E-state index in [0.717, 1.165) is 6.54 Å². The Kier molecular flexibility index (Phi) is 1.75. The molecule has 1 saturated heterocycles. The lowest BCUT2D eigenvalue weighted by Crippen LogP contribution is -2.51. The molecule has 58 valence electrons. The van der Waals surface area contributed by atoms with Gasteiger partial charge in [-0.25, -0.2) is 5.43 Å². The summed E-state index contributed by atoms with van der Waals surface area (Å²) in [6, 6.07) is 0. The van der Waals surface area contributed by atoms with Crippen molar-refractivity contribution in [2.24, 2.45) is 5.92 Å². The molecule has 0 aromatic rings. The molecule has 1 fully saturated rings. The Morgan fingerprint density at radius 3 is 3.27 bits per heavy atom. The highest BCUT2D eigenvalue weighted by molar-refractivity contribution is 5.26. The van der Waals surface area contributed by atoms with E-state index in [9.17, 15) is 0 Å². The smallest absolute Gasteiger partial charge is 0.0357 e. The Hall–Kier alpha value is -1.06. The van der Waals surface area contributed by atoms with Crippen LogP contribution in [0.2, 0.25) is 0 Å². The minimum atomic E-state index is 0.478. The molecular weight excluding hydrogens is 138 g/mol. The maximum absolute atomic E-state index is 3.06. The van der Waals surface area contributed by atoms with Crippen LogP contribution < -0.4 is 16.4 Å². The normalized spacial score (nSPS) is 28.4. The molecule has 3 nitrogen and oxygen atoms in total. The third-order valence-corrected chi connectivity index (χ3v) is 1.86. The molecule has 0 radical (unpaired) electrons. The SMILES string of the molecule is C1=CC=C2NNNCC2C=C1.